The van der Waals surface area contributed by atoms with E-state index in [2.05, 4.69) is 55.5 Å². The van der Waals surface area contributed by atoms with Crippen molar-refractivity contribution in [2.24, 2.45) is 10.9 Å². The first kappa shape index (κ1) is 27.0. The number of nitrogens with one attached hydrogen (secondary N) is 2. The molecule has 0 bridgehead atoms. The molecule has 1 unspecified atom stereocenters. The van der Waals surface area contributed by atoms with E-state index < -0.39 is 0 Å². The van der Waals surface area contributed by atoms with Gasteiger partial charge in [-0.25, -0.2) is 0 Å². The molecular weight excluding hydrogens is 503 g/mol. The predicted octanol–water partition coefficient (Wildman–Crippen LogP) is 4.60. The van der Waals surface area contributed by atoms with E-state index in [0.717, 1.165) is 44.2 Å². The average molecular weight is 540 g/mol. The van der Waals surface area contributed by atoms with E-state index in [0.29, 0.717) is 12.5 Å². The molecule has 0 aliphatic rings. The van der Waals surface area contributed by atoms with Crippen molar-refractivity contribution >= 4 is 29.9 Å². The van der Waals surface area contributed by atoms with Crippen LogP contribution in [0.5, 0.6) is 5.75 Å². The molecule has 2 rings (SSSR count). The molecule has 0 fully saturated rings. The molecule has 2 aromatic rings. The standard InChI is InChI=1S/C24H36N4O2.HI/c1-5-25-24(26-15-7-9-17-28-16-8-6-10-23(28)29)27-20(4)21-11-13-22(14-12-21)30-18-19(2)3;/h6,8,10-14,16,19-20H,5,7,9,15,17-18H2,1-4H3,(H2,25,26,27);1H. The fourth-order valence-electron chi connectivity index (χ4n) is 2.95. The summed E-state index contributed by atoms with van der Waals surface area (Å²) in [5.74, 6) is 2.22. The predicted molar refractivity (Wildman–Crippen MR) is 140 cm³/mol. The normalized spacial score (nSPS) is 12.2. The number of hydrogen-bond acceptors (Lipinski definition) is 3. The van der Waals surface area contributed by atoms with Crippen molar-refractivity contribution in [3.63, 3.8) is 0 Å². The third kappa shape index (κ3) is 10.2. The third-order valence-corrected chi connectivity index (χ3v) is 4.64. The summed E-state index contributed by atoms with van der Waals surface area (Å²) in [5, 5.41) is 6.77. The van der Waals surface area contributed by atoms with Crippen molar-refractivity contribution in [2.75, 3.05) is 19.7 Å². The van der Waals surface area contributed by atoms with Crippen LogP contribution in [0.2, 0.25) is 0 Å². The first-order valence-corrected chi connectivity index (χ1v) is 10.9. The largest absolute Gasteiger partial charge is 0.493 e. The lowest BCUT2D eigenvalue weighted by Gasteiger charge is -2.19. The molecule has 0 radical (unpaired) electrons. The SMILES string of the molecule is CCNC(=NCCCCn1ccccc1=O)NC(C)c1ccc(OCC(C)C)cc1.I. The van der Waals surface area contributed by atoms with Crippen LogP contribution in [0.4, 0.5) is 0 Å². The zero-order valence-electron chi connectivity index (χ0n) is 19.1. The highest BCUT2D eigenvalue weighted by Gasteiger charge is 2.08. The Morgan fingerprint density at radius 1 is 1.10 bits per heavy atom. The number of benzene rings is 1. The summed E-state index contributed by atoms with van der Waals surface area (Å²) in [4.78, 5) is 16.4. The van der Waals surface area contributed by atoms with Gasteiger partial charge in [-0.2, -0.15) is 0 Å². The Balaban J connectivity index is 0.00000480. The molecule has 1 aromatic heterocycles. The van der Waals surface area contributed by atoms with Crippen LogP contribution in [0.25, 0.3) is 0 Å². The van der Waals surface area contributed by atoms with E-state index in [1.165, 1.54) is 5.56 Å². The van der Waals surface area contributed by atoms with Crippen LogP contribution in [-0.2, 0) is 6.54 Å². The molecule has 0 saturated carbocycles. The lowest BCUT2D eigenvalue weighted by atomic mass is 10.1. The molecule has 6 nitrogen and oxygen atoms in total. The van der Waals surface area contributed by atoms with Gasteiger partial charge in [-0.3, -0.25) is 9.79 Å². The van der Waals surface area contributed by atoms with Crippen LogP contribution >= 0.6 is 24.0 Å². The Hall–Kier alpha value is -2.03. The van der Waals surface area contributed by atoms with Gasteiger partial charge in [0.05, 0.1) is 12.6 Å². The van der Waals surface area contributed by atoms with Crippen LogP contribution in [0.15, 0.2) is 58.4 Å². The molecule has 0 saturated heterocycles. The molecule has 7 heteroatoms. The van der Waals surface area contributed by atoms with E-state index in [9.17, 15) is 4.79 Å². The number of aryl methyl sites for hydroxylation is 1. The number of unbranched alkanes of at least 4 members (excludes halogenated alkanes) is 1. The van der Waals surface area contributed by atoms with Crippen LogP contribution in [0.3, 0.4) is 0 Å². The maximum absolute atomic E-state index is 11.7. The minimum atomic E-state index is 0. The topological polar surface area (TPSA) is 67.7 Å². The Labute approximate surface area is 203 Å². The van der Waals surface area contributed by atoms with Crippen molar-refractivity contribution in [2.45, 2.75) is 53.1 Å². The first-order valence-electron chi connectivity index (χ1n) is 10.9. The van der Waals surface area contributed by atoms with Gasteiger partial charge in [0.1, 0.15) is 5.75 Å². The third-order valence-electron chi connectivity index (χ3n) is 4.64. The molecule has 0 aliphatic heterocycles. The van der Waals surface area contributed by atoms with Gasteiger partial charge in [0.2, 0.25) is 5.56 Å². The highest BCUT2D eigenvalue weighted by molar-refractivity contribution is 14.0. The number of pyridine rings is 1. The van der Waals surface area contributed by atoms with Crippen LogP contribution < -0.4 is 20.9 Å². The fraction of sp³-hybridized carbons (Fsp3) is 0.500. The number of rotatable bonds is 11. The van der Waals surface area contributed by atoms with Crippen LogP contribution in [-0.4, -0.2) is 30.2 Å². The Morgan fingerprint density at radius 2 is 1.84 bits per heavy atom. The second-order valence-electron chi connectivity index (χ2n) is 7.84. The highest BCUT2D eigenvalue weighted by atomic mass is 127. The van der Waals surface area contributed by atoms with E-state index in [4.69, 9.17) is 4.74 Å². The maximum atomic E-state index is 11.7. The van der Waals surface area contributed by atoms with Gasteiger partial charge in [0.25, 0.3) is 0 Å². The van der Waals surface area contributed by atoms with E-state index >= 15 is 0 Å². The number of ether oxygens (including phenoxy) is 1. The van der Waals surface area contributed by atoms with Gasteiger partial charge >= 0.3 is 0 Å². The van der Waals surface area contributed by atoms with Crippen molar-refractivity contribution in [3.05, 3.63) is 64.6 Å². The molecular formula is C24H37IN4O2. The number of aliphatic imine (C=N–C) groups is 1. The number of halogens is 1. The summed E-state index contributed by atoms with van der Waals surface area (Å²) in [7, 11) is 0. The molecule has 0 spiro atoms. The Bertz CT molecular complexity index is 834. The Morgan fingerprint density at radius 3 is 2.48 bits per heavy atom. The second-order valence-corrected chi connectivity index (χ2v) is 7.84. The summed E-state index contributed by atoms with van der Waals surface area (Å²) >= 11 is 0. The van der Waals surface area contributed by atoms with Gasteiger partial charge in [-0.1, -0.05) is 32.0 Å². The summed E-state index contributed by atoms with van der Waals surface area (Å²) in [5.41, 5.74) is 1.23. The zero-order chi connectivity index (χ0) is 21.8. The molecule has 1 aromatic carbocycles. The Kier molecular flexibility index (Phi) is 13.0. The van der Waals surface area contributed by atoms with Crippen LogP contribution in [0, 0.1) is 5.92 Å². The lowest BCUT2D eigenvalue weighted by molar-refractivity contribution is 0.271. The van der Waals surface area contributed by atoms with E-state index in [1.54, 1.807) is 16.7 Å². The minimum absolute atomic E-state index is 0. The van der Waals surface area contributed by atoms with Gasteiger partial charge in [-0.05, 0) is 56.4 Å². The van der Waals surface area contributed by atoms with Gasteiger partial charge < -0.3 is 19.9 Å². The smallest absolute Gasteiger partial charge is 0.250 e. The molecule has 1 heterocycles. The van der Waals surface area contributed by atoms with Gasteiger partial charge in [-0.15, -0.1) is 24.0 Å². The van der Waals surface area contributed by atoms with Crippen molar-refractivity contribution < 1.29 is 4.74 Å². The summed E-state index contributed by atoms with van der Waals surface area (Å²) in [6, 6.07) is 13.6. The monoisotopic (exact) mass is 540 g/mol. The first-order chi connectivity index (χ1) is 14.5. The highest BCUT2D eigenvalue weighted by Crippen LogP contribution is 2.18. The zero-order valence-corrected chi connectivity index (χ0v) is 21.5. The molecule has 2 N–H and O–H groups in total. The number of hydrogen-bond donors (Lipinski definition) is 2. The fourth-order valence-corrected chi connectivity index (χ4v) is 2.95. The van der Waals surface area contributed by atoms with Crippen LogP contribution in [0.1, 0.15) is 52.1 Å². The average Bonchev–Trinajstić information content (AvgIpc) is 2.73. The summed E-state index contributed by atoms with van der Waals surface area (Å²) < 4.78 is 7.50. The van der Waals surface area contributed by atoms with Crippen molar-refractivity contribution in [1.29, 1.82) is 0 Å². The van der Waals surface area contributed by atoms with E-state index in [1.807, 2.05) is 24.4 Å². The van der Waals surface area contributed by atoms with E-state index in [-0.39, 0.29) is 35.6 Å². The van der Waals surface area contributed by atoms with Crippen molar-refractivity contribution in [1.82, 2.24) is 15.2 Å². The van der Waals surface area contributed by atoms with Crippen molar-refractivity contribution in [3.8, 4) is 5.75 Å². The lowest BCUT2D eigenvalue weighted by Crippen LogP contribution is -2.38. The molecule has 172 valence electrons. The molecule has 31 heavy (non-hydrogen) atoms. The summed E-state index contributed by atoms with van der Waals surface area (Å²) in [6.07, 6.45) is 3.67. The summed E-state index contributed by atoms with van der Waals surface area (Å²) in [6.45, 7) is 11.4. The number of nitrogens with zero attached hydrogens (tertiary/aromatic N) is 2. The quantitative estimate of drug-likeness (QED) is 0.189. The maximum Gasteiger partial charge on any atom is 0.250 e. The van der Waals surface area contributed by atoms with Gasteiger partial charge in [0, 0.05) is 31.9 Å². The second kappa shape index (κ2) is 14.9. The minimum Gasteiger partial charge on any atom is -0.493 e. The number of guanidine groups is 1. The van der Waals surface area contributed by atoms with Gasteiger partial charge in [0.15, 0.2) is 5.96 Å². The molecule has 1 atom stereocenters. The molecule has 0 amide bonds. The molecule has 0 aliphatic carbocycles. The number of aromatic nitrogens is 1.